The van der Waals surface area contributed by atoms with Crippen LogP contribution in [0.5, 0.6) is 0 Å². The van der Waals surface area contributed by atoms with E-state index >= 15 is 0 Å². The molecule has 0 fully saturated rings. The van der Waals surface area contributed by atoms with Crippen molar-refractivity contribution in [2.45, 2.75) is 12.5 Å². The predicted molar refractivity (Wildman–Crippen MR) is 58.5 cm³/mol. The Hall–Kier alpha value is -1.48. The zero-order valence-corrected chi connectivity index (χ0v) is 9.52. The molecule has 1 atom stereocenters. The van der Waals surface area contributed by atoms with Crippen LogP contribution in [-0.2, 0) is 21.4 Å². The molecule has 1 rings (SSSR count). The van der Waals surface area contributed by atoms with Gasteiger partial charge in [0.25, 0.3) is 10.2 Å². The number of carboxylic acids is 1. The lowest BCUT2D eigenvalue weighted by Gasteiger charge is -2.13. The third kappa shape index (κ3) is 4.49. The van der Waals surface area contributed by atoms with Crippen LogP contribution >= 0.6 is 0 Å². The first-order valence-corrected chi connectivity index (χ1v) is 6.13. The molecule has 0 aliphatic rings. The van der Waals surface area contributed by atoms with E-state index in [4.69, 9.17) is 10.3 Å². The Labute approximate surface area is 98.2 Å². The molecule has 8 heteroatoms. The van der Waals surface area contributed by atoms with Gasteiger partial charge >= 0.3 is 5.97 Å². The number of carboxylic acid groups (broad SMARTS) is 1. The molecule has 0 unspecified atom stereocenters. The molecule has 0 saturated heterocycles. The van der Waals surface area contributed by atoms with Crippen molar-refractivity contribution in [1.29, 1.82) is 0 Å². The molecular weight excluding hydrogens is 248 g/mol. The molecule has 0 aromatic heterocycles. The van der Waals surface area contributed by atoms with Gasteiger partial charge in [-0.1, -0.05) is 35.2 Å². The van der Waals surface area contributed by atoms with Gasteiger partial charge in [-0.2, -0.15) is 13.1 Å². The first-order valence-electron chi connectivity index (χ1n) is 4.64. The number of carbonyl (C=O) groups is 1. The predicted octanol–water partition coefficient (Wildman–Crippen LogP) is -0.504. The molecule has 0 bridgehead atoms. The fraction of sp³-hybridized carbons (Fsp3) is 0.222. The van der Waals surface area contributed by atoms with Gasteiger partial charge in [0.1, 0.15) is 6.04 Å². The first kappa shape index (κ1) is 13.6. The maximum Gasteiger partial charge on any atom is 0.322 e. The molecule has 0 heterocycles. The van der Waals surface area contributed by atoms with Crippen molar-refractivity contribution in [3.63, 3.8) is 0 Å². The molecule has 0 aliphatic carbocycles. The maximum absolute atomic E-state index is 11.0. The average Bonchev–Trinajstić information content (AvgIpc) is 2.29. The second-order valence-corrected chi connectivity index (χ2v) is 4.72. The van der Waals surface area contributed by atoms with Crippen LogP contribution in [0.4, 0.5) is 0 Å². The van der Waals surface area contributed by atoms with Crippen LogP contribution in [-0.4, -0.2) is 30.7 Å². The molecule has 0 saturated carbocycles. The van der Waals surface area contributed by atoms with Crippen molar-refractivity contribution in [2.75, 3.05) is 0 Å². The van der Waals surface area contributed by atoms with Gasteiger partial charge in [0.15, 0.2) is 0 Å². The normalized spacial score (nSPS) is 13.2. The minimum Gasteiger partial charge on any atom is -0.480 e. The Kier molecular flexibility index (Phi) is 4.58. The number of hydrogen-bond acceptors (Lipinski definition) is 4. The minimum atomic E-state index is -4.21. The van der Waals surface area contributed by atoms with Gasteiger partial charge in [-0.15, -0.1) is 0 Å². The largest absolute Gasteiger partial charge is 0.480 e. The van der Waals surface area contributed by atoms with E-state index in [0.29, 0.717) is 5.56 Å². The van der Waals surface area contributed by atoms with Crippen LogP contribution in [0.3, 0.4) is 0 Å². The van der Waals surface area contributed by atoms with Gasteiger partial charge in [-0.25, -0.2) is 0 Å². The molecule has 0 aliphatic heterocycles. The van der Waals surface area contributed by atoms with Crippen LogP contribution in [0.1, 0.15) is 5.56 Å². The molecule has 17 heavy (non-hydrogen) atoms. The lowest BCUT2D eigenvalue weighted by molar-refractivity contribution is -0.138. The lowest BCUT2D eigenvalue weighted by Crippen LogP contribution is -2.46. The molecule has 94 valence electrons. The third-order valence-corrected chi connectivity index (χ3v) is 2.83. The summed E-state index contributed by atoms with van der Waals surface area (Å²) in [5, 5.41) is 17.2. The van der Waals surface area contributed by atoms with Gasteiger partial charge in [0.2, 0.25) is 0 Å². The summed E-state index contributed by atoms with van der Waals surface area (Å²) in [4.78, 5) is 11.9. The van der Waals surface area contributed by atoms with E-state index in [9.17, 15) is 13.2 Å². The Morgan fingerprint density at radius 1 is 1.29 bits per heavy atom. The van der Waals surface area contributed by atoms with E-state index in [2.05, 4.69) is 0 Å². The number of nitrogens with one attached hydrogen (secondary N) is 2. The Bertz CT molecular complexity index is 473. The first-order chi connectivity index (χ1) is 7.94. The smallest absolute Gasteiger partial charge is 0.322 e. The highest BCUT2D eigenvalue weighted by Gasteiger charge is 2.23. The molecule has 0 radical (unpaired) electrons. The van der Waals surface area contributed by atoms with Crippen molar-refractivity contribution in [1.82, 2.24) is 9.61 Å². The molecule has 1 aromatic carbocycles. The molecule has 0 amide bonds. The highest BCUT2D eigenvalue weighted by atomic mass is 32.2. The third-order valence-electron chi connectivity index (χ3n) is 2.00. The standard InChI is InChI=1S/C9H12N2O5S/c12-9(13)8(10-17(15,16)11-14)6-7-4-2-1-3-5-7/h1-5,8,10-11,14H,6H2,(H,12,13)/t8-/m0/s1. The van der Waals surface area contributed by atoms with Crippen molar-refractivity contribution in [2.24, 2.45) is 0 Å². The fourth-order valence-corrected chi connectivity index (χ4v) is 1.85. The van der Waals surface area contributed by atoms with Crippen LogP contribution < -0.4 is 9.61 Å². The highest BCUT2D eigenvalue weighted by molar-refractivity contribution is 7.87. The Morgan fingerprint density at radius 2 is 1.88 bits per heavy atom. The van der Waals surface area contributed by atoms with Gasteiger partial charge in [0.05, 0.1) is 0 Å². The second kappa shape index (κ2) is 5.73. The Morgan fingerprint density at radius 3 is 2.35 bits per heavy atom. The molecular formula is C9H12N2O5S. The monoisotopic (exact) mass is 260 g/mol. The van der Waals surface area contributed by atoms with Crippen LogP contribution in [0.15, 0.2) is 30.3 Å². The van der Waals surface area contributed by atoms with Gasteiger partial charge in [-0.3, -0.25) is 4.79 Å². The fourth-order valence-electron chi connectivity index (χ4n) is 1.24. The summed E-state index contributed by atoms with van der Waals surface area (Å²) in [6.07, 6.45) is -0.0168. The summed E-state index contributed by atoms with van der Waals surface area (Å²) in [5.41, 5.74) is 0.667. The minimum absolute atomic E-state index is 0.0168. The maximum atomic E-state index is 11.0. The van der Waals surface area contributed by atoms with E-state index in [1.54, 1.807) is 35.1 Å². The summed E-state index contributed by atoms with van der Waals surface area (Å²) in [6.45, 7) is 0. The van der Waals surface area contributed by atoms with Gasteiger partial charge in [-0.05, 0) is 12.0 Å². The summed E-state index contributed by atoms with van der Waals surface area (Å²) < 4.78 is 23.7. The molecule has 0 spiro atoms. The summed E-state index contributed by atoms with van der Waals surface area (Å²) in [6, 6.07) is 7.20. The zero-order chi connectivity index (χ0) is 12.9. The summed E-state index contributed by atoms with van der Waals surface area (Å²) in [7, 11) is -4.21. The van der Waals surface area contributed by atoms with Gasteiger partial charge < -0.3 is 10.3 Å². The molecule has 7 nitrogen and oxygen atoms in total. The summed E-state index contributed by atoms with van der Waals surface area (Å²) in [5.74, 6) is -1.33. The second-order valence-electron chi connectivity index (χ2n) is 3.29. The van der Waals surface area contributed by atoms with E-state index in [-0.39, 0.29) is 6.42 Å². The Balaban J connectivity index is 2.78. The lowest BCUT2D eigenvalue weighted by atomic mass is 10.1. The quantitative estimate of drug-likeness (QED) is 0.514. The van der Waals surface area contributed by atoms with Crippen molar-refractivity contribution < 1.29 is 23.5 Å². The number of rotatable bonds is 6. The van der Waals surface area contributed by atoms with Crippen molar-refractivity contribution in [3.8, 4) is 0 Å². The molecule has 1 aromatic rings. The van der Waals surface area contributed by atoms with Crippen LogP contribution in [0, 0.1) is 0 Å². The van der Waals surface area contributed by atoms with Crippen molar-refractivity contribution >= 4 is 16.2 Å². The van der Waals surface area contributed by atoms with Crippen molar-refractivity contribution in [3.05, 3.63) is 35.9 Å². The highest BCUT2D eigenvalue weighted by Crippen LogP contribution is 2.04. The number of hydrogen-bond donors (Lipinski definition) is 4. The SMILES string of the molecule is O=C(O)[C@H](Cc1ccccc1)NS(=O)(=O)NO. The summed E-state index contributed by atoms with van der Waals surface area (Å²) >= 11 is 0. The van der Waals surface area contributed by atoms with E-state index in [0.717, 1.165) is 4.89 Å². The average molecular weight is 260 g/mol. The van der Waals surface area contributed by atoms with Crippen LogP contribution in [0.25, 0.3) is 0 Å². The zero-order valence-electron chi connectivity index (χ0n) is 8.70. The topological polar surface area (TPSA) is 116 Å². The van der Waals surface area contributed by atoms with Crippen LogP contribution in [0.2, 0.25) is 0 Å². The van der Waals surface area contributed by atoms with E-state index < -0.39 is 22.2 Å². The van der Waals surface area contributed by atoms with E-state index in [1.165, 1.54) is 0 Å². The number of aliphatic carboxylic acids is 1. The van der Waals surface area contributed by atoms with E-state index in [1.807, 2.05) is 0 Å². The molecule has 4 N–H and O–H groups in total. The number of benzene rings is 1. The van der Waals surface area contributed by atoms with Gasteiger partial charge in [0, 0.05) is 0 Å².